The molecule has 2 N–H and O–H groups in total. The average molecular weight is 273 g/mol. The van der Waals surface area contributed by atoms with E-state index in [4.69, 9.17) is 0 Å². The highest BCUT2D eigenvalue weighted by molar-refractivity contribution is 5.91. The van der Waals surface area contributed by atoms with Crippen molar-refractivity contribution >= 4 is 11.8 Å². The molecule has 2 amide bonds. The van der Waals surface area contributed by atoms with Crippen LogP contribution in [0.4, 0.5) is 0 Å². The molecule has 0 bridgehead atoms. The third-order valence-corrected chi connectivity index (χ3v) is 2.53. The van der Waals surface area contributed by atoms with Crippen molar-refractivity contribution in [3.63, 3.8) is 0 Å². The van der Waals surface area contributed by atoms with Gasteiger partial charge in [0.15, 0.2) is 5.69 Å². The number of carbonyl (C=O) groups is 2. The molecule has 1 heterocycles. The Kier molecular flexibility index (Phi) is 4.43. The van der Waals surface area contributed by atoms with Gasteiger partial charge in [0.1, 0.15) is 0 Å². The first-order valence-electron chi connectivity index (χ1n) is 6.17. The molecule has 0 fully saturated rings. The molecule has 1 aromatic carbocycles. The first-order valence-corrected chi connectivity index (χ1v) is 6.17. The molecule has 0 unspecified atom stereocenters. The van der Waals surface area contributed by atoms with Crippen LogP contribution in [0.3, 0.4) is 0 Å². The van der Waals surface area contributed by atoms with Crippen molar-refractivity contribution in [3.8, 4) is 5.69 Å². The number of hydrogen-bond acceptors (Lipinski definition) is 4. The second-order valence-corrected chi connectivity index (χ2v) is 4.12. The van der Waals surface area contributed by atoms with Crippen LogP contribution in [0.5, 0.6) is 0 Å². The van der Waals surface area contributed by atoms with Gasteiger partial charge in [-0.15, -0.1) is 5.10 Å². The van der Waals surface area contributed by atoms with Gasteiger partial charge in [-0.25, -0.2) is 4.68 Å². The van der Waals surface area contributed by atoms with E-state index in [9.17, 15) is 9.59 Å². The summed E-state index contributed by atoms with van der Waals surface area (Å²) < 4.78 is 1.53. The largest absolute Gasteiger partial charge is 0.355 e. The van der Waals surface area contributed by atoms with Gasteiger partial charge < -0.3 is 10.6 Å². The molecule has 2 aromatic rings. The maximum Gasteiger partial charge on any atom is 0.273 e. The van der Waals surface area contributed by atoms with Gasteiger partial charge in [-0.3, -0.25) is 9.59 Å². The van der Waals surface area contributed by atoms with Crippen LogP contribution in [0, 0.1) is 0 Å². The summed E-state index contributed by atoms with van der Waals surface area (Å²) in [7, 11) is 0. The van der Waals surface area contributed by atoms with E-state index in [0.29, 0.717) is 13.1 Å². The van der Waals surface area contributed by atoms with Crippen molar-refractivity contribution in [1.82, 2.24) is 25.6 Å². The van der Waals surface area contributed by atoms with Gasteiger partial charge in [-0.1, -0.05) is 23.4 Å². The number of amides is 2. The molecule has 0 aliphatic heterocycles. The lowest BCUT2D eigenvalue weighted by atomic mass is 10.3. The first-order chi connectivity index (χ1) is 9.66. The zero-order chi connectivity index (χ0) is 14.4. The number of carbonyl (C=O) groups excluding carboxylic acids is 2. The molecule has 0 saturated heterocycles. The molecule has 104 valence electrons. The Balaban J connectivity index is 1.92. The van der Waals surface area contributed by atoms with Crippen molar-refractivity contribution in [2.45, 2.75) is 6.92 Å². The average Bonchev–Trinajstić information content (AvgIpc) is 2.94. The van der Waals surface area contributed by atoms with Crippen LogP contribution in [-0.2, 0) is 4.79 Å². The van der Waals surface area contributed by atoms with Crippen LogP contribution < -0.4 is 10.6 Å². The second kappa shape index (κ2) is 6.46. The summed E-state index contributed by atoms with van der Waals surface area (Å²) in [5.41, 5.74) is 1.06. The maximum atomic E-state index is 11.8. The Morgan fingerprint density at radius 3 is 2.55 bits per heavy atom. The Hall–Kier alpha value is -2.70. The Bertz CT molecular complexity index is 594. The zero-order valence-electron chi connectivity index (χ0n) is 11.0. The molecule has 0 spiro atoms. The predicted molar refractivity (Wildman–Crippen MR) is 72.4 cm³/mol. The van der Waals surface area contributed by atoms with Crippen molar-refractivity contribution in [2.75, 3.05) is 13.1 Å². The molecule has 2 rings (SSSR count). The topological polar surface area (TPSA) is 88.9 Å². The summed E-state index contributed by atoms with van der Waals surface area (Å²) in [6.45, 7) is 2.15. The van der Waals surface area contributed by atoms with Crippen molar-refractivity contribution in [2.24, 2.45) is 0 Å². The van der Waals surface area contributed by atoms with Crippen LogP contribution in [-0.4, -0.2) is 39.9 Å². The van der Waals surface area contributed by atoms with Gasteiger partial charge in [0, 0.05) is 20.0 Å². The molecule has 7 nitrogen and oxygen atoms in total. The molecule has 0 aliphatic carbocycles. The molecule has 7 heteroatoms. The fourth-order valence-corrected chi connectivity index (χ4v) is 1.58. The van der Waals surface area contributed by atoms with E-state index in [1.807, 2.05) is 30.3 Å². The van der Waals surface area contributed by atoms with E-state index in [1.165, 1.54) is 11.6 Å². The van der Waals surface area contributed by atoms with Crippen molar-refractivity contribution < 1.29 is 9.59 Å². The van der Waals surface area contributed by atoms with E-state index < -0.39 is 0 Å². The van der Waals surface area contributed by atoms with Gasteiger partial charge in [0.2, 0.25) is 5.91 Å². The highest BCUT2D eigenvalue weighted by Crippen LogP contribution is 2.05. The lowest BCUT2D eigenvalue weighted by Gasteiger charge is -2.03. The number of nitrogens with zero attached hydrogens (tertiary/aromatic N) is 3. The quantitative estimate of drug-likeness (QED) is 0.758. The molecule has 0 saturated carbocycles. The molecule has 1 aromatic heterocycles. The molecular weight excluding hydrogens is 258 g/mol. The van der Waals surface area contributed by atoms with Crippen LogP contribution in [0.2, 0.25) is 0 Å². The molecule has 0 atom stereocenters. The monoisotopic (exact) mass is 273 g/mol. The summed E-state index contributed by atoms with van der Waals surface area (Å²) in [4.78, 5) is 22.5. The maximum absolute atomic E-state index is 11.8. The van der Waals surface area contributed by atoms with E-state index in [2.05, 4.69) is 20.9 Å². The normalized spacial score (nSPS) is 10.1. The zero-order valence-corrected chi connectivity index (χ0v) is 11.0. The van der Waals surface area contributed by atoms with Crippen LogP contribution in [0.25, 0.3) is 5.69 Å². The highest BCUT2D eigenvalue weighted by Gasteiger charge is 2.10. The molecule has 0 aliphatic rings. The minimum absolute atomic E-state index is 0.130. The van der Waals surface area contributed by atoms with E-state index in [0.717, 1.165) is 5.69 Å². The summed E-state index contributed by atoms with van der Waals surface area (Å²) in [5, 5.41) is 13.0. The minimum Gasteiger partial charge on any atom is -0.355 e. The Labute approximate surface area is 116 Å². The molecular formula is C13H15N5O2. The van der Waals surface area contributed by atoms with Gasteiger partial charge in [0.05, 0.1) is 11.9 Å². The van der Waals surface area contributed by atoms with Crippen LogP contribution in [0.15, 0.2) is 36.5 Å². The lowest BCUT2D eigenvalue weighted by molar-refractivity contribution is -0.118. The highest BCUT2D eigenvalue weighted by atomic mass is 16.2. The molecule has 0 radical (unpaired) electrons. The third-order valence-electron chi connectivity index (χ3n) is 2.53. The third kappa shape index (κ3) is 3.64. The number of benzene rings is 1. The lowest BCUT2D eigenvalue weighted by Crippen LogP contribution is -2.33. The van der Waals surface area contributed by atoms with E-state index >= 15 is 0 Å². The van der Waals surface area contributed by atoms with E-state index in [-0.39, 0.29) is 17.5 Å². The van der Waals surface area contributed by atoms with Gasteiger partial charge >= 0.3 is 0 Å². The van der Waals surface area contributed by atoms with Crippen molar-refractivity contribution in [1.29, 1.82) is 0 Å². The van der Waals surface area contributed by atoms with Gasteiger partial charge in [-0.05, 0) is 12.1 Å². The standard InChI is InChI=1S/C13H15N5O2/c1-10(19)14-7-8-15-13(20)12-9-18(17-16-12)11-5-3-2-4-6-11/h2-6,9H,7-8H2,1H3,(H,14,19)(H,15,20). The van der Waals surface area contributed by atoms with Crippen LogP contribution >= 0.6 is 0 Å². The van der Waals surface area contributed by atoms with Crippen LogP contribution in [0.1, 0.15) is 17.4 Å². The first kappa shape index (κ1) is 13.7. The summed E-state index contributed by atoms with van der Waals surface area (Å²) in [6.07, 6.45) is 1.56. The number of para-hydroxylation sites is 1. The Morgan fingerprint density at radius 1 is 1.15 bits per heavy atom. The fraction of sp³-hybridized carbons (Fsp3) is 0.231. The summed E-state index contributed by atoms with van der Waals surface area (Å²) >= 11 is 0. The second-order valence-electron chi connectivity index (χ2n) is 4.12. The minimum atomic E-state index is -0.322. The number of aromatic nitrogens is 3. The number of hydrogen-bond donors (Lipinski definition) is 2. The predicted octanol–water partition coefficient (Wildman–Crippen LogP) is 0.133. The molecule has 20 heavy (non-hydrogen) atoms. The summed E-state index contributed by atoms with van der Waals surface area (Å²) in [6, 6.07) is 9.39. The number of nitrogens with one attached hydrogen (secondary N) is 2. The summed E-state index contributed by atoms with van der Waals surface area (Å²) in [5.74, 6) is -0.452. The van der Waals surface area contributed by atoms with Gasteiger partial charge in [0.25, 0.3) is 5.91 Å². The van der Waals surface area contributed by atoms with Gasteiger partial charge in [-0.2, -0.15) is 0 Å². The SMILES string of the molecule is CC(=O)NCCNC(=O)c1cn(-c2ccccc2)nn1. The smallest absolute Gasteiger partial charge is 0.273 e. The number of rotatable bonds is 5. The fourth-order valence-electron chi connectivity index (χ4n) is 1.58. The van der Waals surface area contributed by atoms with E-state index in [1.54, 1.807) is 6.20 Å². The van der Waals surface area contributed by atoms with Crippen molar-refractivity contribution in [3.05, 3.63) is 42.2 Å². The Morgan fingerprint density at radius 2 is 1.85 bits per heavy atom.